The first-order valence-corrected chi connectivity index (χ1v) is 4.58. The van der Waals surface area contributed by atoms with Gasteiger partial charge in [-0.3, -0.25) is 9.89 Å². The number of benzene rings is 1. The van der Waals surface area contributed by atoms with Gasteiger partial charge in [0.15, 0.2) is 0 Å². The van der Waals surface area contributed by atoms with Crippen LogP contribution >= 0.6 is 0 Å². The van der Waals surface area contributed by atoms with E-state index in [1.54, 1.807) is 12.1 Å². The number of carbonyl (C=O) groups is 1. The van der Waals surface area contributed by atoms with Crippen molar-refractivity contribution in [3.8, 4) is 0 Å². The van der Waals surface area contributed by atoms with E-state index in [0.717, 1.165) is 5.52 Å². The minimum Gasteiger partial charge on any atom is -0.273 e. The lowest BCUT2D eigenvalue weighted by Gasteiger charge is -1.97. The third-order valence-corrected chi connectivity index (χ3v) is 2.10. The van der Waals surface area contributed by atoms with Gasteiger partial charge in [-0.25, -0.2) is 5.43 Å². The van der Waals surface area contributed by atoms with E-state index < -0.39 is 0 Å². The highest BCUT2D eigenvalue weighted by atomic mass is 16.2. The van der Waals surface area contributed by atoms with Gasteiger partial charge < -0.3 is 0 Å². The first-order chi connectivity index (χ1) is 7.72. The fraction of sp³-hybridized carbons (Fsp3) is 0.125. The maximum Gasteiger partial charge on any atom is 0.238 e. The molecule has 0 fully saturated rings. The largest absolute Gasteiger partial charge is 0.273 e. The van der Waals surface area contributed by atoms with Crippen LogP contribution in [0.4, 0.5) is 0 Å². The number of hydrogen-bond acceptors (Lipinski definition) is 5. The lowest BCUT2D eigenvalue weighted by atomic mass is 10.3. The molecule has 16 heavy (non-hydrogen) atoms. The molecule has 0 bridgehead atoms. The molecule has 2 N–H and O–H groups in total. The molecule has 0 saturated heterocycles. The fourth-order valence-corrected chi connectivity index (χ4v) is 1.47. The zero-order chi connectivity index (χ0) is 11.1. The number of amides is 1. The normalized spacial score (nSPS) is 11.1. The van der Waals surface area contributed by atoms with Crippen molar-refractivity contribution in [2.75, 3.05) is 5.43 Å². The Bertz CT molecular complexity index is 634. The number of carbonyl (C=O) groups excluding carboxylic acids is 1. The number of nitrogens with one attached hydrogen (secondary N) is 2. The maximum absolute atomic E-state index is 10.8. The second-order valence-corrected chi connectivity index (χ2v) is 3.34. The first kappa shape index (κ1) is 8.77. The van der Waals surface area contributed by atoms with Gasteiger partial charge in [-0.05, 0) is 17.3 Å². The molecular weight excluding hydrogens is 210 g/mol. The SMILES string of the molecule is CC(=O)Nn1nc2cc3nnnc3cc2[nH]1. The monoisotopic (exact) mass is 217 g/mol. The molecule has 0 atom stereocenters. The van der Waals surface area contributed by atoms with Gasteiger partial charge >= 0.3 is 0 Å². The average molecular weight is 217 g/mol. The van der Waals surface area contributed by atoms with E-state index in [1.807, 2.05) is 0 Å². The van der Waals surface area contributed by atoms with E-state index in [4.69, 9.17) is 0 Å². The molecule has 2 heterocycles. The van der Waals surface area contributed by atoms with E-state index in [0.29, 0.717) is 16.6 Å². The van der Waals surface area contributed by atoms with Gasteiger partial charge in [0.1, 0.15) is 16.6 Å². The van der Waals surface area contributed by atoms with Crippen LogP contribution in [0.25, 0.3) is 22.1 Å². The maximum atomic E-state index is 10.8. The first-order valence-electron chi connectivity index (χ1n) is 4.58. The molecule has 0 aliphatic heterocycles. The van der Waals surface area contributed by atoms with Crippen molar-refractivity contribution in [2.45, 2.75) is 6.92 Å². The molecule has 0 spiro atoms. The van der Waals surface area contributed by atoms with E-state index in [9.17, 15) is 4.79 Å². The van der Waals surface area contributed by atoms with Gasteiger partial charge in [0, 0.05) is 6.92 Å². The summed E-state index contributed by atoms with van der Waals surface area (Å²) in [6.45, 7) is 1.41. The molecule has 0 saturated carbocycles. The molecule has 0 aliphatic carbocycles. The van der Waals surface area contributed by atoms with Crippen molar-refractivity contribution in [1.82, 2.24) is 30.5 Å². The van der Waals surface area contributed by atoms with E-state index in [-0.39, 0.29) is 5.91 Å². The van der Waals surface area contributed by atoms with Crippen molar-refractivity contribution in [3.05, 3.63) is 12.1 Å². The summed E-state index contributed by atoms with van der Waals surface area (Å²) in [6, 6.07) is 3.52. The van der Waals surface area contributed by atoms with E-state index in [1.165, 1.54) is 11.8 Å². The second kappa shape index (κ2) is 2.99. The zero-order valence-electron chi connectivity index (χ0n) is 8.30. The summed E-state index contributed by atoms with van der Waals surface area (Å²) in [5.74, 6) is -0.207. The molecule has 1 aromatic carbocycles. The Morgan fingerprint density at radius 1 is 1.31 bits per heavy atom. The van der Waals surface area contributed by atoms with Crippen molar-refractivity contribution in [1.29, 1.82) is 0 Å². The molecule has 0 aliphatic rings. The highest BCUT2D eigenvalue weighted by molar-refractivity contribution is 5.90. The van der Waals surface area contributed by atoms with Gasteiger partial charge in [-0.15, -0.1) is 20.2 Å². The van der Waals surface area contributed by atoms with Crippen LogP contribution in [0.2, 0.25) is 0 Å². The summed E-state index contributed by atoms with van der Waals surface area (Å²) in [7, 11) is 0. The molecule has 1 amide bonds. The Morgan fingerprint density at radius 2 is 2.06 bits per heavy atom. The molecule has 8 nitrogen and oxygen atoms in total. The van der Waals surface area contributed by atoms with Crippen molar-refractivity contribution < 1.29 is 4.79 Å². The van der Waals surface area contributed by atoms with E-state index in [2.05, 4.69) is 31.0 Å². The quantitative estimate of drug-likeness (QED) is 0.587. The summed E-state index contributed by atoms with van der Waals surface area (Å²) in [4.78, 5) is 12.1. The predicted molar refractivity (Wildman–Crippen MR) is 55.0 cm³/mol. The Morgan fingerprint density at radius 3 is 2.81 bits per heavy atom. The minimum absolute atomic E-state index is 0.207. The fourth-order valence-electron chi connectivity index (χ4n) is 1.47. The second-order valence-electron chi connectivity index (χ2n) is 3.34. The van der Waals surface area contributed by atoms with Crippen molar-refractivity contribution in [2.24, 2.45) is 0 Å². The van der Waals surface area contributed by atoms with Crippen LogP contribution in [0.5, 0.6) is 0 Å². The lowest BCUT2D eigenvalue weighted by molar-refractivity contribution is -0.115. The zero-order valence-corrected chi connectivity index (χ0v) is 8.30. The van der Waals surface area contributed by atoms with Crippen LogP contribution in [-0.2, 0) is 4.79 Å². The summed E-state index contributed by atoms with van der Waals surface area (Å²) < 4.78 is 0. The van der Waals surface area contributed by atoms with E-state index >= 15 is 0 Å². The lowest BCUT2D eigenvalue weighted by Crippen LogP contribution is -2.22. The molecule has 0 radical (unpaired) electrons. The molecule has 8 heteroatoms. The van der Waals surface area contributed by atoms with Crippen LogP contribution in [-0.4, -0.2) is 36.4 Å². The number of fused-ring (bicyclic) bond motifs is 2. The smallest absolute Gasteiger partial charge is 0.238 e. The van der Waals surface area contributed by atoms with Gasteiger partial charge in [0.2, 0.25) is 5.91 Å². The Kier molecular flexibility index (Phi) is 1.64. The molecule has 0 unspecified atom stereocenters. The molecule has 3 rings (SSSR count). The Hall–Kier alpha value is -2.51. The molecule has 2 aromatic heterocycles. The molecule has 80 valence electrons. The summed E-state index contributed by atoms with van der Waals surface area (Å²) in [5.41, 5.74) is 5.29. The van der Waals surface area contributed by atoms with Gasteiger partial charge in [-0.1, -0.05) is 0 Å². The topological polar surface area (TPSA) is 101 Å². The summed E-state index contributed by atoms with van der Waals surface area (Å²) in [6.07, 6.45) is 0. The van der Waals surface area contributed by atoms with Crippen LogP contribution < -0.4 is 5.43 Å². The molecule has 3 aromatic rings. The van der Waals surface area contributed by atoms with Crippen LogP contribution in [0.15, 0.2) is 12.1 Å². The number of aromatic nitrogens is 6. The predicted octanol–water partition coefficient (Wildman–Crippen LogP) is -0.207. The molecular formula is C8H7N7O. The van der Waals surface area contributed by atoms with Crippen molar-refractivity contribution in [3.63, 3.8) is 0 Å². The summed E-state index contributed by atoms with van der Waals surface area (Å²) in [5, 5.41) is 18.2. The minimum atomic E-state index is -0.207. The highest BCUT2D eigenvalue weighted by Gasteiger charge is 2.06. The third kappa shape index (κ3) is 1.28. The highest BCUT2D eigenvalue weighted by Crippen LogP contribution is 2.15. The number of H-pyrrole nitrogens is 1. The number of rotatable bonds is 1. The van der Waals surface area contributed by atoms with Gasteiger partial charge in [-0.2, -0.15) is 0 Å². The summed E-state index contributed by atoms with van der Waals surface area (Å²) >= 11 is 0. The van der Waals surface area contributed by atoms with Gasteiger partial charge in [0.25, 0.3) is 0 Å². The number of hydrogen-bond donors (Lipinski definition) is 2. The number of aromatic amines is 1. The Balaban J connectivity index is 2.19. The third-order valence-electron chi connectivity index (χ3n) is 2.10. The Labute approximate surface area is 88.6 Å². The average Bonchev–Trinajstić information content (AvgIpc) is 2.76. The van der Waals surface area contributed by atoms with Gasteiger partial charge in [0.05, 0.1) is 5.52 Å². The van der Waals surface area contributed by atoms with Crippen LogP contribution in [0, 0.1) is 0 Å². The number of nitrogens with zero attached hydrogens (tertiary/aromatic N) is 5. The van der Waals surface area contributed by atoms with Crippen LogP contribution in [0.3, 0.4) is 0 Å². The van der Waals surface area contributed by atoms with Crippen molar-refractivity contribution >= 4 is 28.0 Å². The van der Waals surface area contributed by atoms with Crippen LogP contribution in [0.1, 0.15) is 6.92 Å². The standard InChI is InChI=1S/C8H7N7O/c1-4(16)11-15-12-7-2-5-6(10-14-9-5)3-8(7)13-15/h2-3,12H,1H3,(H,11,16).